The molecule has 0 nitrogen and oxygen atoms in total. The maximum Gasteiger partial charge on any atom is 0.0949 e. The number of allylic oxidation sites excluding steroid dienone is 1. The highest BCUT2D eigenvalue weighted by molar-refractivity contribution is 6.71. The zero-order valence-corrected chi connectivity index (χ0v) is 7.83. The summed E-state index contributed by atoms with van der Waals surface area (Å²) >= 11 is 11.0. The number of hydrogen-bond acceptors (Lipinski definition) is 0. The van der Waals surface area contributed by atoms with Gasteiger partial charge in [-0.05, 0) is 6.42 Å². The van der Waals surface area contributed by atoms with Gasteiger partial charge < -0.3 is 0 Å². The van der Waals surface area contributed by atoms with Crippen LogP contribution in [0.1, 0.15) is 13.3 Å². The van der Waals surface area contributed by atoms with Gasteiger partial charge in [0.05, 0.1) is 14.0 Å². The minimum Gasteiger partial charge on any atom is -0.110 e. The summed E-state index contributed by atoms with van der Waals surface area (Å²) in [6.45, 7) is 2.10. The molecule has 0 spiro atoms. The molecule has 0 aliphatic carbocycles. The third-order valence-corrected chi connectivity index (χ3v) is 2.75. The Morgan fingerprint density at radius 1 is 1.62 bits per heavy atom. The second kappa shape index (κ2) is 5.67. The lowest BCUT2D eigenvalue weighted by atomic mass is 10.5. The molecule has 0 amide bonds. The van der Waals surface area contributed by atoms with Crippen molar-refractivity contribution in [2.24, 2.45) is 0 Å². The molecule has 0 aliphatic rings. The summed E-state index contributed by atoms with van der Waals surface area (Å²) in [6, 6.07) is 0. The maximum atomic E-state index is 5.49. The molecule has 0 atom stereocenters. The van der Waals surface area contributed by atoms with E-state index < -0.39 is 0 Å². The van der Waals surface area contributed by atoms with Gasteiger partial charge in [-0.1, -0.05) is 13.0 Å². The molecule has 0 N–H and O–H groups in total. The van der Waals surface area contributed by atoms with Crippen LogP contribution >= 0.6 is 23.2 Å². The smallest absolute Gasteiger partial charge is 0.0949 e. The first-order valence-electron chi connectivity index (χ1n) is 2.70. The molecule has 0 saturated heterocycles. The predicted molar refractivity (Wildman–Crippen MR) is 43.5 cm³/mol. The molecule has 3 heteroatoms. The SMILES string of the molecule is CCC=C[SiH2]C(Cl)Cl. The second-order valence-electron chi connectivity index (χ2n) is 1.51. The molecule has 0 aliphatic heterocycles. The van der Waals surface area contributed by atoms with Crippen molar-refractivity contribution in [1.82, 2.24) is 0 Å². The van der Waals surface area contributed by atoms with Crippen LogP contribution in [0, 0.1) is 0 Å². The van der Waals surface area contributed by atoms with E-state index in [9.17, 15) is 0 Å². The average Bonchev–Trinajstić information content (AvgIpc) is 1.66. The summed E-state index contributed by atoms with van der Waals surface area (Å²) in [4.78, 5) is 0. The van der Waals surface area contributed by atoms with Gasteiger partial charge in [-0.25, -0.2) is 0 Å². The second-order valence-corrected chi connectivity index (χ2v) is 5.58. The van der Waals surface area contributed by atoms with Crippen molar-refractivity contribution in [2.75, 3.05) is 0 Å². The third-order valence-electron chi connectivity index (χ3n) is 0.717. The molecule has 0 unspecified atom stereocenters. The lowest BCUT2D eigenvalue weighted by Crippen LogP contribution is -1.95. The van der Waals surface area contributed by atoms with Crippen LogP contribution in [0.4, 0.5) is 0 Å². The molecule has 0 fully saturated rings. The van der Waals surface area contributed by atoms with Crippen molar-refractivity contribution < 1.29 is 0 Å². The van der Waals surface area contributed by atoms with E-state index in [-0.39, 0.29) is 14.0 Å². The normalized spacial score (nSPS) is 13.0. The lowest BCUT2D eigenvalue weighted by molar-refractivity contribution is 1.23. The van der Waals surface area contributed by atoms with Crippen molar-refractivity contribution in [3.05, 3.63) is 11.8 Å². The minimum absolute atomic E-state index is 0.0993. The van der Waals surface area contributed by atoms with Crippen molar-refractivity contribution in [3.63, 3.8) is 0 Å². The fourth-order valence-electron chi connectivity index (χ4n) is 0.366. The number of rotatable bonds is 3. The van der Waals surface area contributed by atoms with Crippen LogP contribution in [0.25, 0.3) is 0 Å². The average molecular weight is 169 g/mol. The van der Waals surface area contributed by atoms with E-state index in [0.717, 1.165) is 6.42 Å². The Hall–Kier alpha value is 0.537. The first-order valence-corrected chi connectivity index (χ1v) is 5.21. The van der Waals surface area contributed by atoms with E-state index in [1.807, 2.05) is 0 Å². The first-order chi connectivity index (χ1) is 3.77. The van der Waals surface area contributed by atoms with E-state index in [1.165, 1.54) is 0 Å². The van der Waals surface area contributed by atoms with E-state index in [1.54, 1.807) is 0 Å². The van der Waals surface area contributed by atoms with Gasteiger partial charge in [0.15, 0.2) is 0 Å². The zero-order valence-electron chi connectivity index (χ0n) is 4.90. The molecule has 0 bridgehead atoms. The summed E-state index contributed by atoms with van der Waals surface area (Å²) < 4.78 is -0.0993. The Morgan fingerprint density at radius 3 is 2.62 bits per heavy atom. The van der Waals surface area contributed by atoms with E-state index >= 15 is 0 Å². The highest BCUT2D eigenvalue weighted by Gasteiger charge is 1.91. The summed E-state index contributed by atoms with van der Waals surface area (Å²) in [5.74, 6) is 0. The largest absolute Gasteiger partial charge is 0.110 e. The van der Waals surface area contributed by atoms with Gasteiger partial charge in [-0.3, -0.25) is 0 Å². The molecule has 0 aromatic rings. The number of halogens is 2. The van der Waals surface area contributed by atoms with E-state index in [4.69, 9.17) is 23.2 Å². The minimum atomic E-state index is -0.315. The fourth-order valence-corrected chi connectivity index (χ4v) is 1.71. The van der Waals surface area contributed by atoms with Crippen LogP contribution < -0.4 is 0 Å². The molecule has 0 aromatic carbocycles. The molecule has 0 rings (SSSR count). The Bertz CT molecular complexity index is 70.8. The van der Waals surface area contributed by atoms with Gasteiger partial charge in [0.2, 0.25) is 0 Å². The number of hydrogen-bond donors (Lipinski definition) is 0. The Labute approximate surface area is 62.7 Å². The summed E-state index contributed by atoms with van der Waals surface area (Å²) in [5, 5.41) is 0. The van der Waals surface area contributed by atoms with Crippen molar-refractivity contribution >= 4 is 32.7 Å². The van der Waals surface area contributed by atoms with E-state index in [0.29, 0.717) is 0 Å². The summed E-state index contributed by atoms with van der Waals surface area (Å²) in [7, 11) is -0.315. The molecule has 0 saturated carbocycles. The quantitative estimate of drug-likeness (QED) is 0.446. The van der Waals surface area contributed by atoms with Gasteiger partial charge in [-0.2, -0.15) is 0 Å². The van der Waals surface area contributed by atoms with Crippen molar-refractivity contribution in [2.45, 2.75) is 17.8 Å². The first kappa shape index (κ1) is 8.54. The highest BCUT2D eigenvalue weighted by Crippen LogP contribution is 1.98. The molecule has 8 heavy (non-hydrogen) atoms. The Morgan fingerprint density at radius 2 is 2.25 bits per heavy atom. The van der Waals surface area contributed by atoms with E-state index in [2.05, 4.69) is 18.7 Å². The molecular weight excluding hydrogens is 159 g/mol. The molecule has 48 valence electrons. The summed E-state index contributed by atoms with van der Waals surface area (Å²) in [6.07, 6.45) is 3.21. The lowest BCUT2D eigenvalue weighted by Gasteiger charge is -1.88. The van der Waals surface area contributed by atoms with Crippen molar-refractivity contribution in [3.8, 4) is 0 Å². The molecule has 0 heterocycles. The van der Waals surface area contributed by atoms with Crippen LogP contribution in [0.2, 0.25) is 0 Å². The topological polar surface area (TPSA) is 0 Å². The van der Waals surface area contributed by atoms with Gasteiger partial charge in [0.25, 0.3) is 0 Å². The van der Waals surface area contributed by atoms with Crippen LogP contribution in [0.3, 0.4) is 0 Å². The fraction of sp³-hybridized carbons (Fsp3) is 0.600. The standard InChI is InChI=1S/C5H10Cl2Si/c1-2-3-4-8-5(6)7/h3-5H,2,8H2,1H3. The Balaban J connectivity index is 3.03. The van der Waals surface area contributed by atoms with Gasteiger partial charge >= 0.3 is 0 Å². The van der Waals surface area contributed by atoms with Crippen LogP contribution in [-0.4, -0.2) is 14.0 Å². The van der Waals surface area contributed by atoms with Crippen LogP contribution in [0.15, 0.2) is 11.8 Å². The maximum absolute atomic E-state index is 5.49. The predicted octanol–water partition coefficient (Wildman–Crippen LogP) is 1.84. The van der Waals surface area contributed by atoms with Crippen LogP contribution in [-0.2, 0) is 0 Å². The monoisotopic (exact) mass is 168 g/mol. The summed E-state index contributed by atoms with van der Waals surface area (Å²) in [5.41, 5.74) is 2.13. The molecule has 0 radical (unpaired) electrons. The van der Waals surface area contributed by atoms with Crippen LogP contribution in [0.5, 0.6) is 0 Å². The van der Waals surface area contributed by atoms with Gasteiger partial charge in [-0.15, -0.1) is 28.9 Å². The van der Waals surface area contributed by atoms with Crippen molar-refractivity contribution in [1.29, 1.82) is 0 Å². The number of alkyl halides is 2. The third kappa shape index (κ3) is 6.54. The zero-order chi connectivity index (χ0) is 6.41. The Kier molecular flexibility index (Phi) is 6.05. The molecular formula is C5H10Cl2Si. The molecule has 0 aromatic heterocycles. The van der Waals surface area contributed by atoms with Gasteiger partial charge in [0.1, 0.15) is 0 Å². The van der Waals surface area contributed by atoms with Gasteiger partial charge in [0, 0.05) is 0 Å². The highest BCUT2D eigenvalue weighted by atomic mass is 35.5.